The molecule has 0 aliphatic rings. The number of nitrogens with zero attached hydrogens (tertiary/aromatic N) is 7. The molecule has 3 heterocycles. The van der Waals surface area contributed by atoms with Crippen LogP contribution in [0.5, 0.6) is 0 Å². The van der Waals surface area contributed by atoms with Crippen LogP contribution >= 0.6 is 0 Å². The molecule has 170 valence electrons. The van der Waals surface area contributed by atoms with Gasteiger partial charge in [-0.2, -0.15) is 0 Å². The molecule has 0 spiro atoms. The van der Waals surface area contributed by atoms with Crippen molar-refractivity contribution in [2.75, 3.05) is 0 Å². The number of hydrogen-bond donors (Lipinski definition) is 0. The Bertz CT molecular complexity index is 1710. The lowest BCUT2D eigenvalue weighted by Gasteiger charge is -2.12. The van der Waals surface area contributed by atoms with E-state index in [1.807, 2.05) is 34.9 Å². The van der Waals surface area contributed by atoms with Crippen LogP contribution in [0.3, 0.4) is 0 Å². The molecule has 4 aromatic carbocycles. The largest absolute Gasteiger partial charge is 0.309 e. The van der Waals surface area contributed by atoms with Gasteiger partial charge >= 0.3 is 0 Å². The van der Waals surface area contributed by atoms with Gasteiger partial charge in [0.1, 0.15) is 12.7 Å². The second-order valence-electron chi connectivity index (χ2n) is 8.40. The molecule has 7 heteroatoms. The molecule has 0 saturated heterocycles. The zero-order valence-electron chi connectivity index (χ0n) is 19.1. The Morgan fingerprint density at radius 3 is 1.64 bits per heavy atom. The Labute approximate surface area is 206 Å². The van der Waals surface area contributed by atoms with Gasteiger partial charge in [0.25, 0.3) is 0 Å². The Morgan fingerprint density at radius 2 is 1.00 bits per heavy atom. The molecule has 0 unspecified atom stereocenters. The van der Waals surface area contributed by atoms with E-state index >= 15 is 0 Å². The number of benzene rings is 4. The van der Waals surface area contributed by atoms with Gasteiger partial charge in [0.2, 0.25) is 11.6 Å². The Morgan fingerprint density at radius 1 is 0.472 bits per heavy atom. The van der Waals surface area contributed by atoms with Crippen LogP contribution in [0.25, 0.3) is 56.2 Å². The van der Waals surface area contributed by atoms with Crippen molar-refractivity contribution in [1.82, 2.24) is 34.3 Å². The highest BCUT2D eigenvalue weighted by Crippen LogP contribution is 2.33. The maximum atomic E-state index is 4.50. The van der Waals surface area contributed by atoms with E-state index in [1.54, 1.807) is 0 Å². The molecule has 0 aliphatic carbocycles. The first-order valence-corrected chi connectivity index (χ1v) is 11.6. The summed E-state index contributed by atoms with van der Waals surface area (Å²) in [5.41, 5.74) is 5.29. The average molecular weight is 466 g/mol. The highest BCUT2D eigenvalue weighted by molar-refractivity contribution is 6.09. The van der Waals surface area contributed by atoms with Gasteiger partial charge < -0.3 is 4.57 Å². The summed E-state index contributed by atoms with van der Waals surface area (Å²) in [6.45, 7) is 0. The van der Waals surface area contributed by atoms with E-state index in [2.05, 4.69) is 103 Å². The number of aromatic nitrogens is 7. The molecular formula is C29H19N7. The lowest BCUT2D eigenvalue weighted by Crippen LogP contribution is -2.03. The van der Waals surface area contributed by atoms with Gasteiger partial charge in [0, 0.05) is 27.7 Å². The predicted octanol–water partition coefficient (Wildman–Crippen LogP) is 5.88. The fourth-order valence-electron chi connectivity index (χ4n) is 4.75. The maximum absolute atomic E-state index is 4.50. The quantitative estimate of drug-likeness (QED) is 0.324. The number of hydrogen-bond acceptors (Lipinski definition) is 5. The molecule has 7 nitrogen and oxygen atoms in total. The van der Waals surface area contributed by atoms with Gasteiger partial charge in [-0.1, -0.05) is 66.7 Å². The van der Waals surface area contributed by atoms with E-state index in [4.69, 9.17) is 0 Å². The smallest absolute Gasteiger partial charge is 0.206 e. The lowest BCUT2D eigenvalue weighted by molar-refractivity contribution is 0.984. The summed E-state index contributed by atoms with van der Waals surface area (Å²) >= 11 is 0. The summed E-state index contributed by atoms with van der Waals surface area (Å²) in [4.78, 5) is 12.6. The molecule has 0 radical (unpaired) electrons. The molecule has 0 bridgehead atoms. The summed E-state index contributed by atoms with van der Waals surface area (Å²) < 4.78 is 4.28. The van der Waals surface area contributed by atoms with Gasteiger partial charge in [-0.05, 0) is 36.4 Å². The first-order valence-electron chi connectivity index (χ1n) is 11.6. The van der Waals surface area contributed by atoms with Crippen molar-refractivity contribution in [2.24, 2.45) is 0 Å². The fraction of sp³-hybridized carbons (Fsp3) is 0. The average Bonchev–Trinajstić information content (AvgIpc) is 3.54. The van der Waals surface area contributed by atoms with Gasteiger partial charge in [0.15, 0.2) is 5.82 Å². The molecule has 0 N–H and O–H groups in total. The number of rotatable bonds is 4. The van der Waals surface area contributed by atoms with E-state index in [-0.39, 0.29) is 0 Å². The van der Waals surface area contributed by atoms with Crippen LogP contribution in [0.15, 0.2) is 116 Å². The molecule has 7 aromatic rings. The topological polar surface area (TPSA) is 74.3 Å². The molecule has 0 fully saturated rings. The zero-order valence-corrected chi connectivity index (χ0v) is 19.1. The maximum Gasteiger partial charge on any atom is 0.206 e. The summed E-state index contributed by atoms with van der Waals surface area (Å²) in [7, 11) is 0. The van der Waals surface area contributed by atoms with E-state index in [9.17, 15) is 0 Å². The van der Waals surface area contributed by atoms with Crippen LogP contribution in [-0.2, 0) is 0 Å². The molecule has 0 atom stereocenters. The van der Waals surface area contributed by atoms with Crippen molar-refractivity contribution in [2.45, 2.75) is 0 Å². The fourth-order valence-corrected chi connectivity index (χ4v) is 4.75. The predicted molar refractivity (Wildman–Crippen MR) is 140 cm³/mol. The van der Waals surface area contributed by atoms with Gasteiger partial charge in [-0.3, -0.25) is 4.57 Å². The minimum absolute atomic E-state index is 0.464. The first-order chi connectivity index (χ1) is 17.9. The van der Waals surface area contributed by atoms with Crippen molar-refractivity contribution in [3.63, 3.8) is 0 Å². The van der Waals surface area contributed by atoms with Crippen molar-refractivity contribution in [3.05, 3.63) is 116 Å². The Balaban J connectivity index is 1.41. The molecule has 7 rings (SSSR count). The number of para-hydroxylation sites is 2. The van der Waals surface area contributed by atoms with Crippen molar-refractivity contribution >= 4 is 21.8 Å². The van der Waals surface area contributed by atoms with Crippen LogP contribution < -0.4 is 0 Å². The monoisotopic (exact) mass is 465 g/mol. The van der Waals surface area contributed by atoms with Crippen molar-refractivity contribution in [1.29, 1.82) is 0 Å². The Kier molecular flexibility index (Phi) is 4.63. The summed E-state index contributed by atoms with van der Waals surface area (Å²) in [6, 6.07) is 35.4. The van der Waals surface area contributed by atoms with Crippen LogP contribution in [0, 0.1) is 0 Å². The van der Waals surface area contributed by atoms with E-state index < -0.39 is 0 Å². The third kappa shape index (κ3) is 3.18. The lowest BCUT2D eigenvalue weighted by atomic mass is 10.2. The van der Waals surface area contributed by atoms with Gasteiger partial charge in [-0.15, -0.1) is 10.2 Å². The second kappa shape index (κ2) is 8.25. The zero-order chi connectivity index (χ0) is 23.9. The highest BCUT2D eigenvalue weighted by atomic mass is 15.3. The molecule has 0 aliphatic heterocycles. The van der Waals surface area contributed by atoms with Crippen LogP contribution in [0.1, 0.15) is 0 Å². The van der Waals surface area contributed by atoms with Crippen LogP contribution in [0.2, 0.25) is 0 Å². The minimum Gasteiger partial charge on any atom is -0.309 e. The third-order valence-corrected chi connectivity index (χ3v) is 6.33. The summed E-state index contributed by atoms with van der Waals surface area (Å²) in [5.74, 6) is 1.74. The molecule has 36 heavy (non-hydrogen) atoms. The van der Waals surface area contributed by atoms with Gasteiger partial charge in [-0.25, -0.2) is 15.0 Å². The van der Waals surface area contributed by atoms with E-state index in [1.165, 1.54) is 34.5 Å². The minimum atomic E-state index is 0.464. The SMILES string of the molecule is c1ccc(-c2nnc(-c3ncncn3)n2-c2ccc(-n3c4ccccc4c4ccccc43)cc2)cc1. The molecule has 3 aromatic heterocycles. The van der Waals surface area contributed by atoms with Crippen LogP contribution in [0.4, 0.5) is 0 Å². The van der Waals surface area contributed by atoms with Crippen molar-refractivity contribution < 1.29 is 0 Å². The standard InChI is InChI=1S/C29H19N7/c1-2-8-20(9-3-1)28-33-34-29(27-31-18-30-19-32-27)36(28)22-16-14-21(15-17-22)35-25-12-6-4-10-23(25)24-11-5-7-13-26(24)35/h1-19H. The molecule has 0 saturated carbocycles. The first kappa shape index (κ1) is 20.2. The Hall–Kier alpha value is -5.17. The number of fused-ring (bicyclic) bond motifs is 3. The van der Waals surface area contributed by atoms with Gasteiger partial charge in [0.05, 0.1) is 11.0 Å². The second-order valence-corrected chi connectivity index (χ2v) is 8.40. The third-order valence-electron chi connectivity index (χ3n) is 6.33. The molecular weight excluding hydrogens is 446 g/mol. The summed E-state index contributed by atoms with van der Waals surface area (Å²) in [5, 5.41) is 11.4. The summed E-state index contributed by atoms with van der Waals surface area (Å²) in [6.07, 6.45) is 2.93. The normalized spacial score (nSPS) is 11.3. The van der Waals surface area contributed by atoms with Crippen molar-refractivity contribution in [3.8, 4) is 34.4 Å². The molecule has 0 amide bonds. The van der Waals surface area contributed by atoms with Crippen LogP contribution in [-0.4, -0.2) is 34.3 Å². The van der Waals surface area contributed by atoms with E-state index in [0.717, 1.165) is 22.8 Å². The van der Waals surface area contributed by atoms with E-state index in [0.29, 0.717) is 11.6 Å². The highest BCUT2D eigenvalue weighted by Gasteiger charge is 2.19.